The third kappa shape index (κ3) is 2.41. The first-order valence-corrected chi connectivity index (χ1v) is 8.20. The van der Waals surface area contributed by atoms with E-state index in [-0.39, 0.29) is 0 Å². The Labute approximate surface area is 122 Å². The van der Waals surface area contributed by atoms with E-state index >= 15 is 0 Å². The van der Waals surface area contributed by atoms with Crippen LogP contribution in [0, 0.1) is 5.92 Å². The Balaban J connectivity index is 1.42. The largest absolute Gasteiger partial charge is 0.462 e. The zero-order chi connectivity index (χ0) is 13.4. The van der Waals surface area contributed by atoms with Crippen molar-refractivity contribution < 1.29 is 4.42 Å². The summed E-state index contributed by atoms with van der Waals surface area (Å²) in [4.78, 5) is 7.25. The molecule has 0 bridgehead atoms. The Kier molecular flexibility index (Phi) is 3.34. The number of nitrogens with one attached hydrogen (secondary N) is 1. The van der Waals surface area contributed by atoms with Crippen molar-refractivity contribution in [3.05, 3.63) is 29.5 Å². The zero-order valence-corrected chi connectivity index (χ0v) is 12.2. The van der Waals surface area contributed by atoms with E-state index in [0.717, 1.165) is 29.3 Å². The number of thiazole rings is 1. The first-order valence-electron chi connectivity index (χ1n) is 7.32. The molecule has 0 amide bonds. The van der Waals surface area contributed by atoms with Crippen LogP contribution in [-0.2, 0) is 6.54 Å². The van der Waals surface area contributed by atoms with Crippen LogP contribution in [0.25, 0.3) is 10.8 Å². The van der Waals surface area contributed by atoms with E-state index in [1.807, 2.05) is 12.1 Å². The van der Waals surface area contributed by atoms with Gasteiger partial charge in [-0.2, -0.15) is 0 Å². The van der Waals surface area contributed by atoms with Crippen LogP contribution >= 0.6 is 11.3 Å². The van der Waals surface area contributed by atoms with E-state index in [9.17, 15) is 0 Å². The molecule has 5 heteroatoms. The predicted molar refractivity (Wildman–Crippen MR) is 79.6 cm³/mol. The van der Waals surface area contributed by atoms with Crippen molar-refractivity contribution >= 4 is 11.3 Å². The van der Waals surface area contributed by atoms with Crippen molar-refractivity contribution in [1.29, 1.82) is 0 Å². The highest BCUT2D eigenvalue weighted by Gasteiger charge is 2.32. The number of rotatable bonds is 3. The second-order valence-corrected chi connectivity index (χ2v) is 6.61. The van der Waals surface area contributed by atoms with E-state index in [4.69, 9.17) is 9.40 Å². The van der Waals surface area contributed by atoms with Crippen LogP contribution in [-0.4, -0.2) is 35.6 Å². The third-order valence-electron chi connectivity index (χ3n) is 4.41. The quantitative estimate of drug-likeness (QED) is 0.943. The fourth-order valence-electron chi connectivity index (χ4n) is 3.39. The van der Waals surface area contributed by atoms with Crippen LogP contribution in [0.2, 0.25) is 0 Å². The minimum absolute atomic E-state index is 0.764. The van der Waals surface area contributed by atoms with Crippen molar-refractivity contribution in [3.63, 3.8) is 0 Å². The number of aromatic nitrogens is 1. The van der Waals surface area contributed by atoms with Crippen LogP contribution in [0.5, 0.6) is 0 Å². The number of likely N-dealkylation sites (tertiary alicyclic amines) is 1. The lowest BCUT2D eigenvalue weighted by molar-refractivity contribution is 0.154. The third-order valence-corrected chi connectivity index (χ3v) is 5.31. The van der Waals surface area contributed by atoms with Gasteiger partial charge in [-0.05, 0) is 37.4 Å². The second kappa shape index (κ2) is 5.31. The molecule has 106 valence electrons. The van der Waals surface area contributed by atoms with Gasteiger partial charge in [0, 0.05) is 31.1 Å². The standard InChI is InChI=1S/C15H19N3OS/c1-2-14(19-7-1)15-17-12(10-20-15)9-18-6-4-13-11(8-18)3-5-16-13/h1-2,7,10-11,13,16H,3-6,8-9H2. The smallest absolute Gasteiger partial charge is 0.162 e. The monoisotopic (exact) mass is 289 g/mol. The van der Waals surface area contributed by atoms with Crippen molar-refractivity contribution in [2.45, 2.75) is 25.4 Å². The van der Waals surface area contributed by atoms with E-state index < -0.39 is 0 Å². The van der Waals surface area contributed by atoms with Gasteiger partial charge in [-0.25, -0.2) is 4.98 Å². The molecule has 2 aromatic heterocycles. The van der Waals surface area contributed by atoms with Gasteiger partial charge in [-0.1, -0.05) is 0 Å². The number of nitrogens with zero attached hydrogens (tertiary/aromatic N) is 2. The molecule has 0 aromatic carbocycles. The summed E-state index contributed by atoms with van der Waals surface area (Å²) in [6.07, 6.45) is 4.31. The maximum Gasteiger partial charge on any atom is 0.162 e. The average Bonchev–Trinajstić information content (AvgIpc) is 3.19. The first kappa shape index (κ1) is 12.6. The Morgan fingerprint density at radius 3 is 3.35 bits per heavy atom. The van der Waals surface area contributed by atoms with Crippen molar-refractivity contribution in [2.75, 3.05) is 19.6 Å². The molecular formula is C15H19N3OS. The molecule has 2 aliphatic heterocycles. The fraction of sp³-hybridized carbons (Fsp3) is 0.533. The SMILES string of the molecule is c1coc(-c2nc(CN3CCC4NCCC4C3)cs2)c1. The molecule has 2 atom stereocenters. The Morgan fingerprint density at radius 1 is 1.45 bits per heavy atom. The van der Waals surface area contributed by atoms with E-state index in [1.54, 1.807) is 17.6 Å². The van der Waals surface area contributed by atoms with E-state index in [1.165, 1.54) is 38.2 Å². The normalized spacial score (nSPS) is 26.8. The molecule has 0 radical (unpaired) electrons. The lowest BCUT2D eigenvalue weighted by Gasteiger charge is -2.34. The van der Waals surface area contributed by atoms with Crippen molar-refractivity contribution in [2.24, 2.45) is 5.92 Å². The zero-order valence-electron chi connectivity index (χ0n) is 11.4. The van der Waals surface area contributed by atoms with Crippen molar-refractivity contribution in [3.8, 4) is 10.8 Å². The highest BCUT2D eigenvalue weighted by atomic mass is 32.1. The average molecular weight is 289 g/mol. The Hall–Kier alpha value is -1.17. The summed E-state index contributed by atoms with van der Waals surface area (Å²) in [5.74, 6) is 1.71. The summed E-state index contributed by atoms with van der Waals surface area (Å²) in [7, 11) is 0. The summed E-state index contributed by atoms with van der Waals surface area (Å²) in [6, 6.07) is 4.65. The molecule has 4 rings (SSSR count). The number of hydrogen-bond donors (Lipinski definition) is 1. The minimum atomic E-state index is 0.764. The minimum Gasteiger partial charge on any atom is -0.462 e. The van der Waals surface area contributed by atoms with Crippen LogP contribution in [0.4, 0.5) is 0 Å². The summed E-state index contributed by atoms with van der Waals surface area (Å²) in [6.45, 7) is 4.57. The predicted octanol–water partition coefficient (Wildman–Crippen LogP) is 2.59. The van der Waals surface area contributed by atoms with Gasteiger partial charge in [-0.3, -0.25) is 4.90 Å². The van der Waals surface area contributed by atoms with Gasteiger partial charge in [0.25, 0.3) is 0 Å². The number of furan rings is 1. The van der Waals surface area contributed by atoms with Crippen LogP contribution < -0.4 is 5.32 Å². The van der Waals surface area contributed by atoms with Gasteiger partial charge in [0.1, 0.15) is 0 Å². The summed E-state index contributed by atoms with van der Waals surface area (Å²) >= 11 is 1.67. The molecule has 20 heavy (non-hydrogen) atoms. The number of fused-ring (bicyclic) bond motifs is 1. The molecule has 2 saturated heterocycles. The molecule has 4 heterocycles. The van der Waals surface area contributed by atoms with E-state index in [0.29, 0.717) is 0 Å². The summed E-state index contributed by atoms with van der Waals surface area (Å²) in [5.41, 5.74) is 1.17. The lowest BCUT2D eigenvalue weighted by atomic mass is 9.93. The molecule has 0 aliphatic carbocycles. The summed E-state index contributed by atoms with van der Waals surface area (Å²) in [5, 5.41) is 6.76. The van der Waals surface area contributed by atoms with Crippen LogP contribution in [0.15, 0.2) is 28.2 Å². The Bertz CT molecular complexity index is 565. The summed E-state index contributed by atoms with van der Waals surface area (Å²) < 4.78 is 5.41. The van der Waals surface area contributed by atoms with Gasteiger partial charge in [-0.15, -0.1) is 11.3 Å². The van der Waals surface area contributed by atoms with Gasteiger partial charge in [0.05, 0.1) is 12.0 Å². The maximum absolute atomic E-state index is 5.41. The second-order valence-electron chi connectivity index (χ2n) is 5.75. The molecule has 2 aliphatic rings. The number of hydrogen-bond acceptors (Lipinski definition) is 5. The van der Waals surface area contributed by atoms with Gasteiger partial charge in [0.15, 0.2) is 10.8 Å². The van der Waals surface area contributed by atoms with Gasteiger partial charge < -0.3 is 9.73 Å². The van der Waals surface area contributed by atoms with E-state index in [2.05, 4.69) is 15.6 Å². The molecule has 4 nitrogen and oxygen atoms in total. The highest BCUT2D eigenvalue weighted by molar-refractivity contribution is 7.13. The molecule has 0 saturated carbocycles. The lowest BCUT2D eigenvalue weighted by Crippen LogP contribution is -2.43. The Morgan fingerprint density at radius 2 is 2.45 bits per heavy atom. The molecule has 2 fully saturated rings. The highest BCUT2D eigenvalue weighted by Crippen LogP contribution is 2.27. The number of piperidine rings is 1. The topological polar surface area (TPSA) is 41.3 Å². The molecule has 2 unspecified atom stereocenters. The molecule has 2 aromatic rings. The maximum atomic E-state index is 5.41. The molecular weight excluding hydrogens is 270 g/mol. The van der Waals surface area contributed by atoms with Crippen molar-refractivity contribution in [1.82, 2.24) is 15.2 Å². The van der Waals surface area contributed by atoms with Gasteiger partial charge in [0.2, 0.25) is 0 Å². The van der Waals surface area contributed by atoms with Gasteiger partial charge >= 0.3 is 0 Å². The molecule has 0 spiro atoms. The molecule has 1 N–H and O–H groups in total. The van der Waals surface area contributed by atoms with Crippen LogP contribution in [0.3, 0.4) is 0 Å². The fourth-order valence-corrected chi connectivity index (χ4v) is 4.17. The first-order chi connectivity index (χ1) is 9.88. The van der Waals surface area contributed by atoms with Crippen LogP contribution in [0.1, 0.15) is 18.5 Å².